The van der Waals surface area contributed by atoms with Gasteiger partial charge in [0, 0.05) is 24.6 Å². The quantitative estimate of drug-likeness (QED) is 0.540. The molecule has 1 aliphatic rings. The molecule has 9 nitrogen and oxygen atoms in total. The Morgan fingerprint density at radius 3 is 2.47 bits per heavy atom. The second-order valence-electron chi connectivity index (χ2n) is 7.25. The number of hydrogen-bond acceptors (Lipinski definition) is 6. The summed E-state index contributed by atoms with van der Waals surface area (Å²) in [6, 6.07) is 10.0. The Balaban J connectivity index is 1.98. The Morgan fingerprint density at radius 1 is 1.06 bits per heavy atom. The predicted molar refractivity (Wildman–Crippen MR) is 116 cm³/mol. The van der Waals surface area contributed by atoms with Crippen LogP contribution in [-0.4, -0.2) is 48.0 Å². The van der Waals surface area contributed by atoms with Crippen LogP contribution in [0.3, 0.4) is 0 Å². The van der Waals surface area contributed by atoms with Gasteiger partial charge in [0.25, 0.3) is 0 Å². The SMILES string of the molecule is COc1ccc(-n2cc(C(=O)O)c3c2[C@H](c2ccc(O)c(OC)c2)CC(=O)N3)c(OC)c1. The summed E-state index contributed by atoms with van der Waals surface area (Å²) in [6.45, 7) is 0. The van der Waals surface area contributed by atoms with Gasteiger partial charge in [-0.15, -0.1) is 0 Å². The molecule has 1 atom stereocenters. The van der Waals surface area contributed by atoms with E-state index in [0.29, 0.717) is 28.4 Å². The number of phenolic OH excluding ortho intramolecular Hbond substituents is 1. The van der Waals surface area contributed by atoms with Gasteiger partial charge in [0.15, 0.2) is 11.5 Å². The van der Waals surface area contributed by atoms with Crippen LogP contribution in [0.15, 0.2) is 42.6 Å². The highest BCUT2D eigenvalue weighted by atomic mass is 16.5. The molecule has 0 unspecified atom stereocenters. The standard InChI is InChI=1S/C23H22N2O7/c1-30-13-5-6-16(18(9-13)31-2)25-11-15(23(28)29)21-22(25)14(10-20(27)24-21)12-4-7-17(26)19(8-12)32-3/h4-9,11,14,26H,10H2,1-3H3,(H,24,27)(H,28,29)/t14-/m0/s1. The van der Waals surface area contributed by atoms with Crippen molar-refractivity contribution in [1.29, 1.82) is 0 Å². The molecule has 166 valence electrons. The van der Waals surface area contributed by atoms with Crippen molar-refractivity contribution in [3.8, 4) is 28.7 Å². The first-order chi connectivity index (χ1) is 15.4. The fraction of sp³-hybridized carbons (Fsp3) is 0.217. The van der Waals surface area contributed by atoms with Crippen LogP contribution >= 0.6 is 0 Å². The number of hydrogen-bond donors (Lipinski definition) is 3. The van der Waals surface area contributed by atoms with Gasteiger partial charge in [-0.2, -0.15) is 0 Å². The van der Waals surface area contributed by atoms with Crippen molar-refractivity contribution < 1.29 is 34.0 Å². The number of aromatic carboxylic acids is 1. The van der Waals surface area contributed by atoms with E-state index in [-0.39, 0.29) is 35.1 Å². The largest absolute Gasteiger partial charge is 0.504 e. The van der Waals surface area contributed by atoms with Gasteiger partial charge < -0.3 is 34.3 Å². The van der Waals surface area contributed by atoms with Gasteiger partial charge in [-0.3, -0.25) is 4.79 Å². The third kappa shape index (κ3) is 3.47. The summed E-state index contributed by atoms with van der Waals surface area (Å²) in [5, 5.41) is 22.5. The van der Waals surface area contributed by atoms with Gasteiger partial charge >= 0.3 is 5.97 Å². The first-order valence-corrected chi connectivity index (χ1v) is 9.75. The summed E-state index contributed by atoms with van der Waals surface area (Å²) in [6.07, 6.45) is 1.55. The van der Waals surface area contributed by atoms with Gasteiger partial charge in [-0.25, -0.2) is 4.79 Å². The molecule has 32 heavy (non-hydrogen) atoms. The number of methoxy groups -OCH3 is 3. The summed E-state index contributed by atoms with van der Waals surface area (Å²) in [5.74, 6) is -0.693. The Hall–Kier alpha value is -4.14. The molecule has 0 saturated heterocycles. The Kier molecular flexibility index (Phi) is 5.40. The molecular formula is C23H22N2O7. The first-order valence-electron chi connectivity index (χ1n) is 9.75. The maximum absolute atomic E-state index is 12.5. The van der Waals surface area contributed by atoms with E-state index in [4.69, 9.17) is 14.2 Å². The molecule has 0 aliphatic carbocycles. The molecule has 9 heteroatoms. The smallest absolute Gasteiger partial charge is 0.339 e. The third-order valence-corrected chi connectivity index (χ3v) is 5.51. The predicted octanol–water partition coefficient (Wildman–Crippen LogP) is 3.38. The molecule has 0 radical (unpaired) electrons. The Bertz CT molecular complexity index is 1220. The number of phenols is 1. The second kappa shape index (κ2) is 8.18. The number of carbonyl (C=O) groups is 2. The number of aromatic hydroxyl groups is 1. The topological polar surface area (TPSA) is 119 Å². The lowest BCUT2D eigenvalue weighted by molar-refractivity contribution is -0.116. The maximum atomic E-state index is 12.5. The van der Waals surface area contributed by atoms with Crippen molar-refractivity contribution >= 4 is 17.6 Å². The third-order valence-electron chi connectivity index (χ3n) is 5.51. The zero-order valence-corrected chi connectivity index (χ0v) is 17.7. The summed E-state index contributed by atoms with van der Waals surface area (Å²) in [4.78, 5) is 24.5. The number of rotatable bonds is 6. The van der Waals surface area contributed by atoms with Crippen LogP contribution in [-0.2, 0) is 4.79 Å². The van der Waals surface area contributed by atoms with Gasteiger partial charge in [0.1, 0.15) is 17.1 Å². The van der Waals surface area contributed by atoms with Crippen LogP contribution in [0.25, 0.3) is 5.69 Å². The maximum Gasteiger partial charge on any atom is 0.339 e. The lowest BCUT2D eigenvalue weighted by Gasteiger charge is -2.27. The fourth-order valence-electron chi connectivity index (χ4n) is 4.00. The van der Waals surface area contributed by atoms with E-state index < -0.39 is 11.9 Å². The average molecular weight is 438 g/mol. The summed E-state index contributed by atoms with van der Waals surface area (Å²) < 4.78 is 17.7. The number of aromatic nitrogens is 1. The molecule has 0 spiro atoms. The first kappa shape index (κ1) is 21.1. The van der Waals surface area contributed by atoms with E-state index in [9.17, 15) is 19.8 Å². The van der Waals surface area contributed by atoms with Crippen molar-refractivity contribution in [2.24, 2.45) is 0 Å². The molecule has 2 heterocycles. The van der Waals surface area contributed by atoms with Gasteiger partial charge in [-0.1, -0.05) is 6.07 Å². The lowest BCUT2D eigenvalue weighted by Crippen LogP contribution is -2.25. The minimum absolute atomic E-state index is 0.0323. The van der Waals surface area contributed by atoms with Crippen LogP contribution in [0, 0.1) is 0 Å². The highest BCUT2D eigenvalue weighted by Crippen LogP contribution is 2.44. The number of carboxylic acid groups (broad SMARTS) is 1. The Morgan fingerprint density at radius 2 is 1.81 bits per heavy atom. The molecule has 3 N–H and O–H groups in total. The van der Waals surface area contributed by atoms with Crippen molar-refractivity contribution in [1.82, 2.24) is 4.57 Å². The normalized spacial score (nSPS) is 15.0. The van der Waals surface area contributed by atoms with Crippen molar-refractivity contribution in [2.45, 2.75) is 12.3 Å². The number of carboxylic acids is 1. The molecule has 3 aromatic rings. The minimum atomic E-state index is -1.17. The summed E-state index contributed by atoms with van der Waals surface area (Å²) >= 11 is 0. The summed E-state index contributed by atoms with van der Waals surface area (Å²) in [7, 11) is 4.49. The van der Waals surface area contributed by atoms with Gasteiger partial charge in [-0.05, 0) is 29.8 Å². The molecular weight excluding hydrogens is 416 g/mol. The number of ether oxygens (including phenoxy) is 3. The van der Waals surface area contributed by atoms with Crippen LogP contribution in [0.2, 0.25) is 0 Å². The second-order valence-corrected chi connectivity index (χ2v) is 7.25. The van der Waals surface area contributed by atoms with Crippen LogP contribution < -0.4 is 19.5 Å². The fourth-order valence-corrected chi connectivity index (χ4v) is 4.00. The highest BCUT2D eigenvalue weighted by Gasteiger charge is 2.35. The molecule has 0 fully saturated rings. The van der Waals surface area contributed by atoms with Gasteiger partial charge in [0.05, 0.1) is 38.4 Å². The lowest BCUT2D eigenvalue weighted by atomic mass is 9.88. The minimum Gasteiger partial charge on any atom is -0.504 e. The van der Waals surface area contributed by atoms with Crippen molar-refractivity contribution in [3.05, 3.63) is 59.4 Å². The molecule has 1 amide bonds. The van der Waals surface area contributed by atoms with E-state index in [1.807, 2.05) is 0 Å². The molecule has 2 aromatic carbocycles. The van der Waals surface area contributed by atoms with E-state index in [1.165, 1.54) is 33.6 Å². The van der Waals surface area contributed by atoms with Crippen molar-refractivity contribution in [3.63, 3.8) is 0 Å². The number of fused-ring (bicyclic) bond motifs is 1. The molecule has 0 saturated carbocycles. The number of benzene rings is 2. The molecule has 0 bridgehead atoms. The van der Waals surface area contributed by atoms with Crippen LogP contribution in [0.4, 0.5) is 5.69 Å². The van der Waals surface area contributed by atoms with E-state index in [2.05, 4.69) is 5.32 Å². The molecule has 1 aromatic heterocycles. The number of nitrogens with zero attached hydrogens (tertiary/aromatic N) is 1. The van der Waals surface area contributed by atoms with Crippen LogP contribution in [0.5, 0.6) is 23.0 Å². The van der Waals surface area contributed by atoms with Gasteiger partial charge in [0.2, 0.25) is 5.91 Å². The molecule has 4 rings (SSSR count). The van der Waals surface area contributed by atoms with E-state index >= 15 is 0 Å². The number of anilines is 1. The zero-order chi connectivity index (χ0) is 23.0. The highest BCUT2D eigenvalue weighted by molar-refractivity contribution is 6.04. The average Bonchev–Trinajstić information content (AvgIpc) is 3.17. The monoisotopic (exact) mass is 438 g/mol. The zero-order valence-electron chi connectivity index (χ0n) is 17.7. The van der Waals surface area contributed by atoms with Crippen LogP contribution in [0.1, 0.15) is 34.0 Å². The Labute approximate surface area is 183 Å². The number of nitrogens with one attached hydrogen (secondary N) is 1. The van der Waals surface area contributed by atoms with Crippen molar-refractivity contribution in [2.75, 3.05) is 26.6 Å². The molecule has 1 aliphatic heterocycles. The number of amides is 1. The van der Waals surface area contributed by atoms with E-state index in [0.717, 1.165) is 0 Å². The number of carbonyl (C=O) groups excluding carboxylic acids is 1. The van der Waals surface area contributed by atoms with E-state index in [1.54, 1.807) is 34.9 Å². The summed E-state index contributed by atoms with van der Waals surface area (Å²) in [5.41, 5.74) is 2.05.